The number of rotatable bonds is 1. The van der Waals surface area contributed by atoms with Crippen molar-refractivity contribution in [3.63, 3.8) is 0 Å². The molecule has 0 amide bonds. The van der Waals surface area contributed by atoms with E-state index in [1.54, 1.807) is 0 Å². The lowest BCUT2D eigenvalue weighted by Gasteiger charge is -2.27. The number of hydrogen-bond acceptors (Lipinski definition) is 1. The third-order valence-electron chi connectivity index (χ3n) is 3.39. The molecule has 1 unspecified atom stereocenters. The molecule has 1 aliphatic heterocycles. The fraction of sp³-hybridized carbons (Fsp3) is 0.200. The van der Waals surface area contributed by atoms with Crippen molar-refractivity contribution in [3.05, 3.63) is 65.2 Å². The summed E-state index contributed by atoms with van der Waals surface area (Å²) in [6.45, 7) is 0. The molecule has 0 spiro atoms. The summed E-state index contributed by atoms with van der Waals surface area (Å²) in [4.78, 5) is 0. The number of para-hydroxylation sites is 1. The van der Waals surface area contributed by atoms with Crippen LogP contribution < -0.4 is 5.32 Å². The van der Waals surface area contributed by atoms with Gasteiger partial charge in [-0.1, -0.05) is 24.3 Å². The average Bonchev–Trinajstić information content (AvgIpc) is 2.38. The maximum Gasteiger partial charge on any atom is 0.131 e. The first-order valence-corrected chi connectivity index (χ1v) is 6.03. The summed E-state index contributed by atoms with van der Waals surface area (Å²) in [5.41, 5.74) is 2.82. The van der Waals surface area contributed by atoms with Gasteiger partial charge in [-0.2, -0.15) is 0 Å². The number of nitrogens with one attached hydrogen (secondary N) is 1. The largest absolute Gasteiger partial charge is 0.378 e. The van der Waals surface area contributed by atoms with Gasteiger partial charge >= 0.3 is 0 Å². The van der Waals surface area contributed by atoms with Gasteiger partial charge in [0.25, 0.3) is 0 Å². The van der Waals surface area contributed by atoms with Gasteiger partial charge in [0.15, 0.2) is 0 Å². The Morgan fingerprint density at radius 3 is 2.72 bits per heavy atom. The monoisotopic (exact) mass is 245 g/mol. The SMILES string of the molecule is Fc1ccc(C2CCc3ccccc3N2)c(F)c1. The molecule has 0 saturated carbocycles. The van der Waals surface area contributed by atoms with Crippen LogP contribution >= 0.6 is 0 Å². The zero-order valence-corrected chi connectivity index (χ0v) is 9.79. The minimum absolute atomic E-state index is 0.0829. The third-order valence-corrected chi connectivity index (χ3v) is 3.39. The first-order valence-electron chi connectivity index (χ1n) is 6.03. The first kappa shape index (κ1) is 11.2. The van der Waals surface area contributed by atoms with E-state index in [0.717, 1.165) is 24.6 Å². The van der Waals surface area contributed by atoms with Crippen LogP contribution in [0.2, 0.25) is 0 Å². The zero-order valence-electron chi connectivity index (χ0n) is 9.79. The van der Waals surface area contributed by atoms with E-state index < -0.39 is 11.6 Å². The summed E-state index contributed by atoms with van der Waals surface area (Å²) >= 11 is 0. The van der Waals surface area contributed by atoms with Crippen molar-refractivity contribution in [1.29, 1.82) is 0 Å². The Kier molecular flexibility index (Phi) is 2.74. The lowest BCUT2D eigenvalue weighted by atomic mass is 9.93. The van der Waals surface area contributed by atoms with Crippen molar-refractivity contribution >= 4 is 5.69 Å². The van der Waals surface area contributed by atoms with Gasteiger partial charge in [0.05, 0.1) is 6.04 Å². The topological polar surface area (TPSA) is 12.0 Å². The third kappa shape index (κ3) is 1.96. The van der Waals surface area contributed by atoms with Crippen LogP contribution in [0.5, 0.6) is 0 Å². The quantitative estimate of drug-likeness (QED) is 0.798. The second-order valence-electron chi connectivity index (χ2n) is 4.56. The van der Waals surface area contributed by atoms with Crippen molar-refractivity contribution < 1.29 is 8.78 Å². The molecule has 2 aromatic rings. The van der Waals surface area contributed by atoms with Gasteiger partial charge < -0.3 is 5.32 Å². The Hall–Kier alpha value is -1.90. The van der Waals surface area contributed by atoms with Crippen molar-refractivity contribution in [2.45, 2.75) is 18.9 Å². The van der Waals surface area contributed by atoms with Crippen LogP contribution in [-0.4, -0.2) is 0 Å². The molecule has 1 atom stereocenters. The Labute approximate surface area is 104 Å². The highest BCUT2D eigenvalue weighted by molar-refractivity contribution is 5.54. The molecule has 3 rings (SSSR count). The van der Waals surface area contributed by atoms with Gasteiger partial charge in [0.2, 0.25) is 0 Å². The molecule has 1 N–H and O–H groups in total. The van der Waals surface area contributed by atoms with E-state index >= 15 is 0 Å². The summed E-state index contributed by atoms with van der Waals surface area (Å²) in [6.07, 6.45) is 1.73. The molecular weight excluding hydrogens is 232 g/mol. The molecule has 0 radical (unpaired) electrons. The fourth-order valence-electron chi connectivity index (χ4n) is 2.46. The highest BCUT2D eigenvalue weighted by Gasteiger charge is 2.21. The highest BCUT2D eigenvalue weighted by atomic mass is 19.1. The van der Waals surface area contributed by atoms with E-state index in [4.69, 9.17) is 0 Å². The molecule has 1 nitrogen and oxygen atoms in total. The van der Waals surface area contributed by atoms with Crippen LogP contribution in [0.25, 0.3) is 0 Å². The van der Waals surface area contributed by atoms with Crippen LogP contribution in [0, 0.1) is 11.6 Å². The van der Waals surface area contributed by atoms with Gasteiger partial charge in [-0.25, -0.2) is 8.78 Å². The number of benzene rings is 2. The summed E-state index contributed by atoms with van der Waals surface area (Å²) in [7, 11) is 0. The Balaban J connectivity index is 1.92. The molecule has 0 fully saturated rings. The summed E-state index contributed by atoms with van der Waals surface area (Å²) in [5.74, 6) is -1.01. The van der Waals surface area contributed by atoms with Crippen LogP contribution in [-0.2, 0) is 6.42 Å². The van der Waals surface area contributed by atoms with Crippen molar-refractivity contribution in [2.75, 3.05) is 5.32 Å². The molecule has 18 heavy (non-hydrogen) atoms. The van der Waals surface area contributed by atoms with E-state index in [-0.39, 0.29) is 6.04 Å². The maximum absolute atomic E-state index is 13.7. The molecule has 3 heteroatoms. The van der Waals surface area contributed by atoms with Crippen LogP contribution in [0.1, 0.15) is 23.6 Å². The molecule has 0 bridgehead atoms. The number of fused-ring (bicyclic) bond motifs is 1. The lowest BCUT2D eigenvalue weighted by molar-refractivity contribution is 0.550. The zero-order chi connectivity index (χ0) is 12.5. The van der Waals surface area contributed by atoms with E-state index in [1.165, 1.54) is 17.7 Å². The van der Waals surface area contributed by atoms with E-state index in [0.29, 0.717) is 5.56 Å². The van der Waals surface area contributed by atoms with Gasteiger partial charge in [-0.15, -0.1) is 0 Å². The molecule has 1 aliphatic rings. The number of anilines is 1. The van der Waals surface area contributed by atoms with E-state index in [1.807, 2.05) is 18.2 Å². The number of aryl methyl sites for hydroxylation is 1. The minimum Gasteiger partial charge on any atom is -0.378 e. The Morgan fingerprint density at radius 1 is 1.06 bits per heavy atom. The summed E-state index contributed by atoms with van der Waals surface area (Å²) < 4.78 is 26.6. The van der Waals surface area contributed by atoms with E-state index in [9.17, 15) is 8.78 Å². The predicted octanol–water partition coefficient (Wildman–Crippen LogP) is 4.06. The fourth-order valence-corrected chi connectivity index (χ4v) is 2.46. The second-order valence-corrected chi connectivity index (χ2v) is 4.56. The van der Waals surface area contributed by atoms with Crippen LogP contribution in [0.3, 0.4) is 0 Å². The smallest absolute Gasteiger partial charge is 0.131 e. The Morgan fingerprint density at radius 2 is 1.89 bits per heavy atom. The van der Waals surface area contributed by atoms with Crippen molar-refractivity contribution in [3.8, 4) is 0 Å². The van der Waals surface area contributed by atoms with Crippen LogP contribution in [0.4, 0.5) is 14.5 Å². The van der Waals surface area contributed by atoms with Crippen LogP contribution in [0.15, 0.2) is 42.5 Å². The molecule has 92 valence electrons. The van der Waals surface area contributed by atoms with Gasteiger partial charge in [0, 0.05) is 17.3 Å². The molecule has 0 aromatic heterocycles. The minimum atomic E-state index is -0.535. The van der Waals surface area contributed by atoms with Gasteiger partial charge in [-0.05, 0) is 30.5 Å². The molecular formula is C15H13F2N. The summed E-state index contributed by atoms with van der Waals surface area (Å²) in [6, 6.07) is 11.7. The highest BCUT2D eigenvalue weighted by Crippen LogP contribution is 2.33. The number of hydrogen-bond donors (Lipinski definition) is 1. The van der Waals surface area contributed by atoms with Crippen molar-refractivity contribution in [2.24, 2.45) is 0 Å². The van der Waals surface area contributed by atoms with E-state index in [2.05, 4.69) is 11.4 Å². The first-order chi connectivity index (χ1) is 8.74. The Bertz CT molecular complexity index is 580. The molecule has 1 heterocycles. The molecule has 2 aromatic carbocycles. The number of halogens is 2. The maximum atomic E-state index is 13.7. The second kappa shape index (κ2) is 4.41. The van der Waals surface area contributed by atoms with Gasteiger partial charge in [-0.3, -0.25) is 0 Å². The predicted molar refractivity (Wildman–Crippen MR) is 67.5 cm³/mol. The molecule has 0 saturated heterocycles. The van der Waals surface area contributed by atoms with Crippen molar-refractivity contribution in [1.82, 2.24) is 0 Å². The standard InChI is InChI=1S/C15H13F2N/c16-11-6-7-12(13(17)9-11)15-8-5-10-3-1-2-4-14(10)18-15/h1-4,6-7,9,15,18H,5,8H2. The van der Waals surface area contributed by atoms with Gasteiger partial charge in [0.1, 0.15) is 11.6 Å². The lowest BCUT2D eigenvalue weighted by Crippen LogP contribution is -2.19. The summed E-state index contributed by atoms with van der Waals surface area (Å²) in [5, 5.41) is 3.31. The molecule has 0 aliphatic carbocycles. The average molecular weight is 245 g/mol. The normalized spacial score (nSPS) is 18.0.